The van der Waals surface area contributed by atoms with Gasteiger partial charge in [-0.3, -0.25) is 9.52 Å². The van der Waals surface area contributed by atoms with Gasteiger partial charge in [-0.2, -0.15) is 0 Å². The smallest absolute Gasteiger partial charge is 0.263 e. The molecule has 0 radical (unpaired) electrons. The zero-order valence-electron chi connectivity index (χ0n) is 11.8. The molecule has 0 amide bonds. The molecule has 24 heavy (non-hydrogen) atoms. The number of fused-ring (bicyclic) bond motifs is 1. The monoisotopic (exact) mass is 386 g/mol. The molecule has 124 valence electrons. The largest absolute Gasteiger partial charge is 0.329 e. The first kappa shape index (κ1) is 16.8. The van der Waals surface area contributed by atoms with E-state index in [1.165, 1.54) is 18.3 Å². The second-order valence-corrected chi connectivity index (χ2v) is 7.29. The summed E-state index contributed by atoms with van der Waals surface area (Å²) in [6.45, 7) is 0. The summed E-state index contributed by atoms with van der Waals surface area (Å²) in [4.78, 5) is 13.9. The molecule has 1 heterocycles. The Morgan fingerprint density at radius 3 is 2.54 bits per heavy atom. The number of hydrogen-bond acceptors (Lipinski definition) is 3. The Kier molecular flexibility index (Phi) is 4.25. The number of nitrogens with one attached hydrogen (secondary N) is 2. The number of pyridine rings is 1. The van der Waals surface area contributed by atoms with Crippen molar-refractivity contribution < 1.29 is 12.8 Å². The molecule has 0 atom stereocenters. The lowest BCUT2D eigenvalue weighted by Gasteiger charge is -2.11. The number of hydrogen-bond donors (Lipinski definition) is 2. The van der Waals surface area contributed by atoms with E-state index in [0.717, 1.165) is 12.1 Å². The van der Waals surface area contributed by atoms with E-state index in [2.05, 4.69) is 9.71 Å². The predicted octanol–water partition coefficient (Wildman–Crippen LogP) is 3.77. The SMILES string of the molecule is O=c1[nH]ccc2ccc(NS(=O)(=O)c3ccc(F)c(Cl)c3Cl)cc12. The van der Waals surface area contributed by atoms with Gasteiger partial charge in [-0.15, -0.1) is 0 Å². The van der Waals surface area contributed by atoms with Crippen LogP contribution in [0.3, 0.4) is 0 Å². The molecule has 0 saturated carbocycles. The Balaban J connectivity index is 2.06. The normalized spacial score (nSPS) is 11.6. The fourth-order valence-electron chi connectivity index (χ4n) is 2.17. The highest BCUT2D eigenvalue weighted by Gasteiger charge is 2.22. The minimum Gasteiger partial charge on any atom is -0.329 e. The molecule has 0 aliphatic carbocycles. The van der Waals surface area contributed by atoms with Gasteiger partial charge in [-0.1, -0.05) is 29.3 Å². The zero-order chi connectivity index (χ0) is 17.5. The van der Waals surface area contributed by atoms with E-state index in [1.807, 2.05) is 0 Å². The number of aromatic nitrogens is 1. The summed E-state index contributed by atoms with van der Waals surface area (Å²) in [6, 6.07) is 8.10. The van der Waals surface area contributed by atoms with Gasteiger partial charge in [0, 0.05) is 17.3 Å². The molecule has 0 bridgehead atoms. The number of halogens is 3. The van der Waals surface area contributed by atoms with Gasteiger partial charge >= 0.3 is 0 Å². The molecular formula is C15H9Cl2FN2O3S. The minimum absolute atomic E-state index is 0.163. The molecule has 0 spiro atoms. The summed E-state index contributed by atoms with van der Waals surface area (Å²) in [5, 5.41) is 0.0859. The molecule has 3 aromatic rings. The molecule has 0 fully saturated rings. The summed E-state index contributed by atoms with van der Waals surface area (Å²) in [6.07, 6.45) is 1.49. The number of sulfonamides is 1. The molecule has 0 aliphatic heterocycles. The van der Waals surface area contributed by atoms with E-state index < -0.39 is 25.9 Å². The van der Waals surface area contributed by atoms with Crippen molar-refractivity contribution in [2.75, 3.05) is 4.72 Å². The highest BCUT2D eigenvalue weighted by Crippen LogP contribution is 2.32. The van der Waals surface area contributed by atoms with E-state index >= 15 is 0 Å². The zero-order valence-corrected chi connectivity index (χ0v) is 14.1. The highest BCUT2D eigenvalue weighted by atomic mass is 35.5. The first-order chi connectivity index (χ1) is 11.3. The van der Waals surface area contributed by atoms with Crippen LogP contribution in [0.1, 0.15) is 0 Å². The van der Waals surface area contributed by atoms with E-state index in [1.54, 1.807) is 12.1 Å². The third-order valence-electron chi connectivity index (χ3n) is 3.32. The van der Waals surface area contributed by atoms with Crippen LogP contribution < -0.4 is 10.3 Å². The number of benzene rings is 2. The third kappa shape index (κ3) is 2.98. The highest BCUT2D eigenvalue weighted by molar-refractivity contribution is 7.92. The molecule has 0 unspecified atom stereocenters. The maximum atomic E-state index is 13.3. The fourth-order valence-corrected chi connectivity index (χ4v) is 3.98. The van der Waals surface area contributed by atoms with Gasteiger partial charge in [0.1, 0.15) is 10.7 Å². The molecule has 5 nitrogen and oxygen atoms in total. The van der Waals surface area contributed by atoms with Crippen molar-refractivity contribution in [1.82, 2.24) is 4.98 Å². The average Bonchev–Trinajstić information content (AvgIpc) is 2.53. The number of anilines is 1. The van der Waals surface area contributed by atoms with Crippen molar-refractivity contribution in [3.63, 3.8) is 0 Å². The predicted molar refractivity (Wildman–Crippen MR) is 91.8 cm³/mol. The van der Waals surface area contributed by atoms with Crippen LogP contribution in [0.5, 0.6) is 0 Å². The van der Waals surface area contributed by atoms with Crippen molar-refractivity contribution >= 4 is 49.7 Å². The van der Waals surface area contributed by atoms with Crippen molar-refractivity contribution in [3.8, 4) is 0 Å². The van der Waals surface area contributed by atoms with E-state index in [-0.39, 0.29) is 16.1 Å². The van der Waals surface area contributed by atoms with Crippen LogP contribution in [0.2, 0.25) is 10.0 Å². The second kappa shape index (κ2) is 6.08. The molecule has 9 heteroatoms. The summed E-state index contributed by atoms with van der Waals surface area (Å²) in [7, 11) is -4.11. The summed E-state index contributed by atoms with van der Waals surface area (Å²) < 4.78 is 40.5. The molecule has 0 aliphatic rings. The Morgan fingerprint density at radius 1 is 1.04 bits per heavy atom. The summed E-state index contributed by atoms with van der Waals surface area (Å²) >= 11 is 11.5. The first-order valence-corrected chi connectivity index (χ1v) is 8.81. The van der Waals surface area contributed by atoms with Gasteiger partial charge in [0.25, 0.3) is 15.6 Å². The molecule has 0 saturated heterocycles. The standard InChI is InChI=1S/C15H9Cl2FN2O3S/c16-13-11(18)3-4-12(14(13)17)24(22,23)20-9-2-1-8-5-6-19-15(21)10(8)7-9/h1-7,20H,(H,19,21). The molecule has 2 N–H and O–H groups in total. The average molecular weight is 387 g/mol. The van der Waals surface area contributed by atoms with Gasteiger partial charge in [0.15, 0.2) is 0 Å². The maximum Gasteiger partial charge on any atom is 0.263 e. The van der Waals surface area contributed by atoms with Gasteiger partial charge in [0.05, 0.1) is 10.0 Å². The van der Waals surface area contributed by atoms with Crippen LogP contribution >= 0.6 is 23.2 Å². The van der Waals surface area contributed by atoms with Crippen molar-refractivity contribution in [2.24, 2.45) is 0 Å². The Labute approximate surface area is 146 Å². The topological polar surface area (TPSA) is 79.0 Å². The molecule has 3 rings (SSSR count). The van der Waals surface area contributed by atoms with Crippen LogP contribution in [0.25, 0.3) is 10.8 Å². The lowest BCUT2D eigenvalue weighted by atomic mass is 10.1. The van der Waals surface area contributed by atoms with Crippen molar-refractivity contribution in [1.29, 1.82) is 0 Å². The van der Waals surface area contributed by atoms with Crippen LogP contribution in [-0.2, 0) is 10.0 Å². The van der Waals surface area contributed by atoms with Gasteiger partial charge in [0.2, 0.25) is 0 Å². The van der Waals surface area contributed by atoms with Crippen LogP contribution in [0, 0.1) is 5.82 Å². The Morgan fingerprint density at radius 2 is 1.79 bits per heavy atom. The molecular weight excluding hydrogens is 378 g/mol. The number of H-pyrrole nitrogens is 1. The van der Waals surface area contributed by atoms with Gasteiger partial charge < -0.3 is 4.98 Å². The molecule has 2 aromatic carbocycles. The van der Waals surface area contributed by atoms with Gasteiger partial charge in [-0.05, 0) is 35.7 Å². The van der Waals surface area contributed by atoms with Crippen molar-refractivity contribution in [2.45, 2.75) is 4.90 Å². The first-order valence-electron chi connectivity index (χ1n) is 6.57. The summed E-state index contributed by atoms with van der Waals surface area (Å²) in [5.74, 6) is -0.821. The number of rotatable bonds is 3. The minimum atomic E-state index is -4.11. The fraction of sp³-hybridized carbons (Fsp3) is 0. The van der Waals surface area contributed by atoms with Crippen molar-refractivity contribution in [3.05, 3.63) is 68.8 Å². The lowest BCUT2D eigenvalue weighted by molar-refractivity contribution is 0.600. The lowest BCUT2D eigenvalue weighted by Crippen LogP contribution is -2.14. The maximum absolute atomic E-state index is 13.3. The van der Waals surface area contributed by atoms with Crippen LogP contribution in [0.15, 0.2) is 52.3 Å². The van der Waals surface area contributed by atoms with E-state index in [4.69, 9.17) is 23.2 Å². The van der Waals surface area contributed by atoms with E-state index in [0.29, 0.717) is 10.8 Å². The van der Waals surface area contributed by atoms with E-state index in [9.17, 15) is 17.6 Å². The molecule has 1 aromatic heterocycles. The Hall–Kier alpha value is -2.09. The third-order valence-corrected chi connectivity index (χ3v) is 5.71. The number of aromatic amines is 1. The van der Waals surface area contributed by atoms with Gasteiger partial charge in [-0.25, -0.2) is 12.8 Å². The quantitative estimate of drug-likeness (QED) is 0.672. The van der Waals surface area contributed by atoms with Crippen LogP contribution in [0.4, 0.5) is 10.1 Å². The summed E-state index contributed by atoms with van der Waals surface area (Å²) in [5.41, 5.74) is -0.188. The van der Waals surface area contributed by atoms with Crippen LogP contribution in [-0.4, -0.2) is 13.4 Å². The Bertz CT molecular complexity index is 1110. The second-order valence-electron chi connectivity index (χ2n) is 4.89.